The van der Waals surface area contributed by atoms with Crippen molar-refractivity contribution in [3.05, 3.63) is 56.4 Å². The van der Waals surface area contributed by atoms with E-state index in [1.54, 1.807) is 31.2 Å². The number of para-hydroxylation sites is 1. The first kappa shape index (κ1) is 20.5. The Morgan fingerprint density at radius 3 is 2.72 bits per heavy atom. The number of rotatable bonds is 6. The van der Waals surface area contributed by atoms with E-state index < -0.39 is 18.0 Å². The van der Waals surface area contributed by atoms with E-state index in [4.69, 9.17) is 9.47 Å². The summed E-state index contributed by atoms with van der Waals surface area (Å²) in [7, 11) is 1.46. The maximum Gasteiger partial charge on any atom is 0.326 e. The third-order valence-electron chi connectivity index (χ3n) is 4.50. The first-order chi connectivity index (χ1) is 13.8. The number of esters is 1. The zero-order chi connectivity index (χ0) is 21.1. The molecule has 0 aliphatic rings. The molecule has 0 spiro atoms. The number of hydrogen-bond donors (Lipinski definition) is 2. The molecular weight excluding hydrogens is 394 g/mol. The van der Waals surface area contributed by atoms with Crippen LogP contribution in [0.3, 0.4) is 0 Å². The Kier molecular flexibility index (Phi) is 5.97. The van der Waals surface area contributed by atoms with E-state index in [0.29, 0.717) is 21.5 Å². The van der Waals surface area contributed by atoms with Crippen LogP contribution in [-0.2, 0) is 9.53 Å². The fourth-order valence-corrected chi connectivity index (χ4v) is 3.88. The fourth-order valence-electron chi connectivity index (χ4n) is 2.84. The summed E-state index contributed by atoms with van der Waals surface area (Å²) >= 11 is 1.42. The molecule has 9 heteroatoms. The van der Waals surface area contributed by atoms with E-state index in [1.165, 1.54) is 18.4 Å². The van der Waals surface area contributed by atoms with Crippen molar-refractivity contribution in [3.63, 3.8) is 0 Å². The number of fused-ring (bicyclic) bond motifs is 1. The minimum absolute atomic E-state index is 0.258. The van der Waals surface area contributed by atoms with Crippen LogP contribution >= 0.6 is 11.3 Å². The lowest BCUT2D eigenvalue weighted by atomic mass is 10.2. The number of methoxy groups -OCH3 is 1. The molecule has 1 atom stereocenters. The minimum atomic E-state index is -0.773. The van der Waals surface area contributed by atoms with E-state index in [2.05, 4.69) is 15.3 Å². The molecular formula is C20H21N3O5S. The van der Waals surface area contributed by atoms with Gasteiger partial charge in [0.1, 0.15) is 17.1 Å². The Bertz CT molecular complexity index is 1130. The predicted molar refractivity (Wildman–Crippen MR) is 110 cm³/mol. The number of aromatic nitrogens is 2. The van der Waals surface area contributed by atoms with Gasteiger partial charge in [0, 0.05) is 4.88 Å². The molecule has 29 heavy (non-hydrogen) atoms. The van der Waals surface area contributed by atoms with E-state index in [0.717, 1.165) is 10.4 Å². The molecule has 0 bridgehead atoms. The SMILES string of the molecule is COc1ccccc1C(=O)NCC(=O)O[C@@H](C)c1nc2sc(C)c(C)c2c(=O)[nH]1. The number of ether oxygens (including phenoxy) is 2. The summed E-state index contributed by atoms with van der Waals surface area (Å²) in [4.78, 5) is 45.5. The minimum Gasteiger partial charge on any atom is -0.496 e. The van der Waals surface area contributed by atoms with Gasteiger partial charge in [-0.15, -0.1) is 11.3 Å². The summed E-state index contributed by atoms with van der Waals surface area (Å²) < 4.78 is 10.4. The number of aryl methyl sites for hydroxylation is 2. The number of nitrogens with zero attached hydrogens (tertiary/aromatic N) is 1. The van der Waals surface area contributed by atoms with E-state index in [9.17, 15) is 14.4 Å². The van der Waals surface area contributed by atoms with Crippen molar-refractivity contribution in [1.82, 2.24) is 15.3 Å². The van der Waals surface area contributed by atoms with E-state index >= 15 is 0 Å². The van der Waals surface area contributed by atoms with Crippen LogP contribution in [0.25, 0.3) is 10.2 Å². The second-order valence-electron chi connectivity index (χ2n) is 6.43. The van der Waals surface area contributed by atoms with Crippen LogP contribution < -0.4 is 15.6 Å². The van der Waals surface area contributed by atoms with Crippen LogP contribution in [0.5, 0.6) is 5.75 Å². The highest BCUT2D eigenvalue weighted by Gasteiger charge is 2.19. The zero-order valence-corrected chi connectivity index (χ0v) is 17.3. The molecule has 1 amide bonds. The lowest BCUT2D eigenvalue weighted by Gasteiger charge is -2.13. The quantitative estimate of drug-likeness (QED) is 0.599. The fraction of sp³-hybridized carbons (Fsp3) is 0.300. The summed E-state index contributed by atoms with van der Waals surface area (Å²) in [5.41, 5.74) is 0.948. The number of aromatic amines is 1. The van der Waals surface area contributed by atoms with Gasteiger partial charge in [0.05, 0.1) is 18.1 Å². The zero-order valence-electron chi connectivity index (χ0n) is 16.5. The number of H-pyrrole nitrogens is 1. The van der Waals surface area contributed by atoms with Gasteiger partial charge in [-0.1, -0.05) is 12.1 Å². The van der Waals surface area contributed by atoms with Crippen molar-refractivity contribution in [1.29, 1.82) is 0 Å². The molecule has 0 aliphatic carbocycles. The van der Waals surface area contributed by atoms with Crippen LogP contribution in [0, 0.1) is 13.8 Å². The average Bonchev–Trinajstić information content (AvgIpc) is 3.00. The Hall–Kier alpha value is -3.20. The lowest BCUT2D eigenvalue weighted by Crippen LogP contribution is -2.31. The summed E-state index contributed by atoms with van der Waals surface area (Å²) in [6, 6.07) is 6.69. The highest BCUT2D eigenvalue weighted by molar-refractivity contribution is 7.18. The largest absolute Gasteiger partial charge is 0.496 e. The highest BCUT2D eigenvalue weighted by Crippen LogP contribution is 2.26. The molecule has 0 radical (unpaired) electrons. The second-order valence-corrected chi connectivity index (χ2v) is 7.63. The number of hydrogen-bond acceptors (Lipinski definition) is 7. The molecule has 0 aliphatic heterocycles. The smallest absolute Gasteiger partial charge is 0.326 e. The highest BCUT2D eigenvalue weighted by atomic mass is 32.1. The van der Waals surface area contributed by atoms with Crippen LogP contribution in [-0.4, -0.2) is 35.5 Å². The molecule has 0 saturated carbocycles. The third-order valence-corrected chi connectivity index (χ3v) is 5.60. The topological polar surface area (TPSA) is 110 Å². The number of carbonyl (C=O) groups excluding carboxylic acids is 2. The summed E-state index contributed by atoms with van der Waals surface area (Å²) in [5, 5.41) is 3.05. The molecule has 1 aromatic carbocycles. The van der Waals surface area contributed by atoms with Crippen molar-refractivity contribution >= 4 is 33.4 Å². The van der Waals surface area contributed by atoms with Crippen molar-refractivity contribution < 1.29 is 19.1 Å². The summed E-state index contributed by atoms with van der Waals surface area (Å²) in [6.07, 6.45) is -0.773. The second kappa shape index (κ2) is 8.44. The monoisotopic (exact) mass is 415 g/mol. The molecule has 3 aromatic rings. The van der Waals surface area contributed by atoms with Gasteiger partial charge in [-0.3, -0.25) is 14.4 Å². The van der Waals surface area contributed by atoms with Crippen LogP contribution in [0.4, 0.5) is 0 Å². The predicted octanol–water partition coefficient (Wildman–Crippen LogP) is 2.64. The van der Waals surface area contributed by atoms with Gasteiger partial charge in [0.25, 0.3) is 11.5 Å². The van der Waals surface area contributed by atoms with Gasteiger partial charge < -0.3 is 19.8 Å². The summed E-state index contributed by atoms with van der Waals surface area (Å²) in [5.74, 6) is -0.442. The molecule has 2 N–H and O–H groups in total. The molecule has 8 nitrogen and oxygen atoms in total. The van der Waals surface area contributed by atoms with Crippen molar-refractivity contribution in [2.24, 2.45) is 0 Å². The number of thiophene rings is 1. The standard InChI is InChI=1S/C20H21N3O5S/c1-10-12(3)29-20-16(10)19(26)22-17(23-20)11(2)28-15(24)9-21-18(25)13-7-5-6-8-14(13)27-4/h5-8,11H,9H2,1-4H3,(H,21,25)(H,22,23,26)/t11-/m0/s1. The van der Waals surface area contributed by atoms with Crippen LogP contribution in [0.2, 0.25) is 0 Å². The maximum absolute atomic E-state index is 12.4. The molecule has 3 rings (SSSR count). The molecule has 0 unspecified atom stereocenters. The molecule has 0 saturated heterocycles. The summed E-state index contributed by atoms with van der Waals surface area (Å²) in [6.45, 7) is 5.08. The van der Waals surface area contributed by atoms with Crippen molar-refractivity contribution in [2.75, 3.05) is 13.7 Å². The molecule has 152 valence electrons. The van der Waals surface area contributed by atoms with Crippen molar-refractivity contribution in [3.8, 4) is 5.75 Å². The molecule has 2 aromatic heterocycles. The lowest BCUT2D eigenvalue weighted by molar-refractivity contribution is -0.147. The first-order valence-corrected chi connectivity index (χ1v) is 9.74. The number of benzene rings is 1. The van der Waals surface area contributed by atoms with E-state index in [1.807, 2.05) is 13.8 Å². The number of nitrogens with one attached hydrogen (secondary N) is 2. The Morgan fingerprint density at radius 2 is 2.00 bits per heavy atom. The van der Waals surface area contributed by atoms with Gasteiger partial charge in [-0.05, 0) is 38.5 Å². The Balaban J connectivity index is 1.66. The van der Waals surface area contributed by atoms with Gasteiger partial charge in [-0.25, -0.2) is 4.98 Å². The maximum atomic E-state index is 12.4. The molecule has 0 fully saturated rings. The van der Waals surface area contributed by atoms with Gasteiger partial charge in [0.2, 0.25) is 0 Å². The third kappa shape index (κ3) is 4.29. The van der Waals surface area contributed by atoms with Gasteiger partial charge in [-0.2, -0.15) is 0 Å². The van der Waals surface area contributed by atoms with E-state index in [-0.39, 0.29) is 17.9 Å². The molecule has 2 heterocycles. The number of amides is 1. The van der Waals surface area contributed by atoms with Gasteiger partial charge >= 0.3 is 5.97 Å². The normalized spacial score (nSPS) is 11.9. The Morgan fingerprint density at radius 1 is 1.28 bits per heavy atom. The van der Waals surface area contributed by atoms with Crippen LogP contribution in [0.1, 0.15) is 39.7 Å². The van der Waals surface area contributed by atoms with Crippen LogP contribution in [0.15, 0.2) is 29.1 Å². The van der Waals surface area contributed by atoms with Crippen molar-refractivity contribution in [2.45, 2.75) is 26.9 Å². The average molecular weight is 415 g/mol. The number of carbonyl (C=O) groups is 2. The first-order valence-electron chi connectivity index (χ1n) is 8.92. The Labute approximate surface area is 170 Å². The van der Waals surface area contributed by atoms with Gasteiger partial charge in [0.15, 0.2) is 11.9 Å².